The summed E-state index contributed by atoms with van der Waals surface area (Å²) in [6.45, 7) is 5.71. The number of aromatic hydroxyl groups is 1. The van der Waals surface area contributed by atoms with Crippen LogP contribution in [-0.2, 0) is 4.79 Å². The minimum atomic E-state index is -0.588. The molecule has 1 rings (SSSR count). The number of nitrogens with two attached hydrogens (primary N) is 1. The Hall–Kier alpha value is -1.55. The van der Waals surface area contributed by atoms with Crippen LogP contribution in [0.1, 0.15) is 20.8 Å². The van der Waals surface area contributed by atoms with E-state index >= 15 is 0 Å². The Morgan fingerprint density at radius 3 is 2.56 bits per heavy atom. The summed E-state index contributed by atoms with van der Waals surface area (Å²) in [6.07, 6.45) is 0. The molecule has 0 aliphatic rings. The zero-order chi connectivity index (χ0) is 12.3. The van der Waals surface area contributed by atoms with Gasteiger partial charge in [-0.25, -0.2) is 0 Å². The van der Waals surface area contributed by atoms with Crippen molar-refractivity contribution in [1.82, 2.24) is 0 Å². The minimum Gasteiger partial charge on any atom is -0.508 e. The predicted octanol–water partition coefficient (Wildman–Crippen LogP) is 1.70. The zero-order valence-electron chi connectivity index (χ0n) is 9.82. The van der Waals surface area contributed by atoms with E-state index in [1.54, 1.807) is 18.2 Å². The maximum absolute atomic E-state index is 11.8. The number of nitrogens with one attached hydrogen (secondary N) is 1. The topological polar surface area (TPSA) is 75.4 Å². The van der Waals surface area contributed by atoms with E-state index in [4.69, 9.17) is 5.73 Å². The Kier molecular flexibility index (Phi) is 3.55. The Morgan fingerprint density at radius 2 is 2.06 bits per heavy atom. The lowest BCUT2D eigenvalue weighted by molar-refractivity contribution is -0.119. The van der Waals surface area contributed by atoms with Gasteiger partial charge in [0.15, 0.2) is 0 Å². The molecule has 4 nitrogen and oxygen atoms in total. The van der Waals surface area contributed by atoms with Crippen molar-refractivity contribution in [2.24, 2.45) is 11.1 Å². The first-order valence-corrected chi connectivity index (χ1v) is 5.16. The van der Waals surface area contributed by atoms with E-state index < -0.39 is 6.04 Å². The summed E-state index contributed by atoms with van der Waals surface area (Å²) in [5.41, 5.74) is 6.06. The summed E-state index contributed by atoms with van der Waals surface area (Å²) in [4.78, 5) is 11.8. The Labute approximate surface area is 95.5 Å². The number of phenols is 1. The third-order valence-electron chi connectivity index (χ3n) is 2.33. The van der Waals surface area contributed by atoms with Crippen molar-refractivity contribution in [3.63, 3.8) is 0 Å². The Bertz CT molecular complexity index is 383. The molecule has 0 saturated heterocycles. The maximum Gasteiger partial charge on any atom is 0.241 e. The van der Waals surface area contributed by atoms with Crippen LogP contribution in [0.4, 0.5) is 5.69 Å². The van der Waals surface area contributed by atoms with Gasteiger partial charge in [0.05, 0.1) is 6.04 Å². The molecule has 88 valence electrons. The molecule has 1 aromatic rings. The second-order valence-electron chi connectivity index (χ2n) is 4.88. The van der Waals surface area contributed by atoms with Crippen molar-refractivity contribution in [3.05, 3.63) is 24.3 Å². The van der Waals surface area contributed by atoms with Crippen LogP contribution in [-0.4, -0.2) is 17.1 Å². The van der Waals surface area contributed by atoms with Gasteiger partial charge in [-0.2, -0.15) is 0 Å². The van der Waals surface area contributed by atoms with E-state index in [2.05, 4.69) is 5.32 Å². The van der Waals surface area contributed by atoms with Crippen molar-refractivity contribution < 1.29 is 9.90 Å². The molecule has 0 aromatic heterocycles. The van der Waals surface area contributed by atoms with Gasteiger partial charge in [-0.3, -0.25) is 4.79 Å². The smallest absolute Gasteiger partial charge is 0.241 e. The summed E-state index contributed by atoms with van der Waals surface area (Å²) in [5, 5.41) is 11.9. The number of carbonyl (C=O) groups excluding carboxylic acids is 1. The summed E-state index contributed by atoms with van der Waals surface area (Å²) < 4.78 is 0. The molecule has 16 heavy (non-hydrogen) atoms. The predicted molar refractivity (Wildman–Crippen MR) is 64.2 cm³/mol. The van der Waals surface area contributed by atoms with Crippen LogP contribution in [0, 0.1) is 5.41 Å². The van der Waals surface area contributed by atoms with Crippen LogP contribution in [0.2, 0.25) is 0 Å². The molecule has 0 bridgehead atoms. The second kappa shape index (κ2) is 4.53. The molecule has 0 saturated carbocycles. The van der Waals surface area contributed by atoms with Gasteiger partial charge in [-0.1, -0.05) is 26.8 Å². The Morgan fingerprint density at radius 1 is 1.44 bits per heavy atom. The van der Waals surface area contributed by atoms with Crippen LogP contribution in [0.5, 0.6) is 5.75 Å². The van der Waals surface area contributed by atoms with Crippen LogP contribution in [0.3, 0.4) is 0 Å². The fourth-order valence-electron chi connectivity index (χ4n) is 1.20. The first-order chi connectivity index (χ1) is 7.30. The molecule has 0 aliphatic heterocycles. The summed E-state index contributed by atoms with van der Waals surface area (Å²) >= 11 is 0. The van der Waals surface area contributed by atoms with Crippen molar-refractivity contribution in [1.29, 1.82) is 0 Å². The molecule has 1 atom stereocenters. The second-order valence-corrected chi connectivity index (χ2v) is 4.88. The summed E-state index contributed by atoms with van der Waals surface area (Å²) in [5.74, 6) is -0.139. The minimum absolute atomic E-state index is 0.113. The maximum atomic E-state index is 11.8. The van der Waals surface area contributed by atoms with E-state index in [0.29, 0.717) is 5.69 Å². The monoisotopic (exact) mass is 222 g/mol. The van der Waals surface area contributed by atoms with E-state index in [-0.39, 0.29) is 17.1 Å². The van der Waals surface area contributed by atoms with Gasteiger partial charge in [0.2, 0.25) is 5.91 Å². The molecule has 4 N–H and O–H groups in total. The van der Waals surface area contributed by atoms with Crippen LogP contribution < -0.4 is 11.1 Å². The normalized spacial score (nSPS) is 13.2. The largest absolute Gasteiger partial charge is 0.508 e. The fourth-order valence-corrected chi connectivity index (χ4v) is 1.20. The van der Waals surface area contributed by atoms with Crippen LogP contribution in [0.15, 0.2) is 24.3 Å². The van der Waals surface area contributed by atoms with E-state index in [0.717, 1.165) is 0 Å². The lowest BCUT2D eigenvalue weighted by atomic mass is 9.87. The van der Waals surface area contributed by atoms with Crippen molar-refractivity contribution >= 4 is 11.6 Å². The van der Waals surface area contributed by atoms with Gasteiger partial charge in [-0.05, 0) is 17.5 Å². The molecule has 0 spiro atoms. The van der Waals surface area contributed by atoms with Crippen molar-refractivity contribution in [3.8, 4) is 5.75 Å². The van der Waals surface area contributed by atoms with Gasteiger partial charge in [0.25, 0.3) is 0 Å². The number of phenolic OH excluding ortho intramolecular Hbond substituents is 1. The number of amides is 1. The summed E-state index contributed by atoms with van der Waals surface area (Å²) in [7, 11) is 0. The first-order valence-electron chi connectivity index (χ1n) is 5.16. The average Bonchev–Trinajstić information content (AvgIpc) is 2.15. The zero-order valence-corrected chi connectivity index (χ0v) is 9.82. The molecule has 0 fully saturated rings. The third-order valence-corrected chi connectivity index (χ3v) is 2.33. The molecule has 1 amide bonds. The Balaban J connectivity index is 2.72. The number of benzene rings is 1. The molecule has 0 heterocycles. The molecule has 0 radical (unpaired) electrons. The third kappa shape index (κ3) is 3.24. The molecule has 1 unspecified atom stereocenters. The number of rotatable bonds is 2. The highest BCUT2D eigenvalue weighted by Gasteiger charge is 2.27. The van der Waals surface area contributed by atoms with E-state index in [9.17, 15) is 9.90 Å². The lowest BCUT2D eigenvalue weighted by Gasteiger charge is -2.25. The highest BCUT2D eigenvalue weighted by atomic mass is 16.3. The van der Waals surface area contributed by atoms with E-state index in [1.165, 1.54) is 6.07 Å². The quantitative estimate of drug-likeness (QED) is 0.713. The van der Waals surface area contributed by atoms with Crippen LogP contribution in [0.25, 0.3) is 0 Å². The van der Waals surface area contributed by atoms with Gasteiger partial charge >= 0.3 is 0 Å². The molecule has 0 aliphatic carbocycles. The highest BCUT2D eigenvalue weighted by molar-refractivity contribution is 5.95. The van der Waals surface area contributed by atoms with Gasteiger partial charge in [-0.15, -0.1) is 0 Å². The molecule has 4 heteroatoms. The molecular weight excluding hydrogens is 204 g/mol. The standard InChI is InChI=1S/C12H18N2O2/c1-12(2,3)10(13)11(16)14-8-5-4-6-9(15)7-8/h4-7,10,15H,13H2,1-3H3,(H,14,16). The number of hydrogen-bond donors (Lipinski definition) is 3. The molecule has 1 aromatic carbocycles. The van der Waals surface area contributed by atoms with Gasteiger partial charge in [0.1, 0.15) is 5.75 Å². The number of hydrogen-bond acceptors (Lipinski definition) is 3. The SMILES string of the molecule is CC(C)(C)C(N)C(=O)Nc1cccc(O)c1. The number of carbonyl (C=O) groups is 1. The summed E-state index contributed by atoms with van der Waals surface area (Å²) in [6, 6.07) is 5.79. The number of anilines is 1. The van der Waals surface area contributed by atoms with Crippen molar-refractivity contribution in [2.75, 3.05) is 5.32 Å². The highest BCUT2D eigenvalue weighted by Crippen LogP contribution is 2.20. The fraction of sp³-hybridized carbons (Fsp3) is 0.417. The lowest BCUT2D eigenvalue weighted by Crippen LogP contribution is -2.45. The van der Waals surface area contributed by atoms with Gasteiger partial charge in [0, 0.05) is 11.8 Å². The van der Waals surface area contributed by atoms with E-state index in [1.807, 2.05) is 20.8 Å². The van der Waals surface area contributed by atoms with Crippen LogP contribution >= 0.6 is 0 Å². The average molecular weight is 222 g/mol. The first kappa shape index (κ1) is 12.5. The van der Waals surface area contributed by atoms with Crippen molar-refractivity contribution in [2.45, 2.75) is 26.8 Å². The molecular formula is C12H18N2O2. The van der Waals surface area contributed by atoms with Gasteiger partial charge < -0.3 is 16.2 Å².